The van der Waals surface area contributed by atoms with Crippen molar-refractivity contribution in [3.63, 3.8) is 0 Å². The average molecular weight is 786 g/mol. The van der Waals surface area contributed by atoms with E-state index in [1.54, 1.807) is 0 Å². The second-order valence-corrected chi connectivity index (χ2v) is 18.4. The first-order valence-corrected chi connectivity index (χ1v) is 22.6. The Hall–Kier alpha value is -6.22. The van der Waals surface area contributed by atoms with E-state index in [9.17, 15) is 0 Å². The summed E-state index contributed by atoms with van der Waals surface area (Å²) >= 11 is 0. The van der Waals surface area contributed by atoms with Gasteiger partial charge in [-0.25, -0.2) is 0 Å². The van der Waals surface area contributed by atoms with Crippen LogP contribution in [0, 0.1) is 0 Å². The van der Waals surface area contributed by atoms with Crippen LogP contribution < -0.4 is 15.9 Å². The summed E-state index contributed by atoms with van der Waals surface area (Å²) in [5.41, 5.74) is 17.9. The van der Waals surface area contributed by atoms with Crippen molar-refractivity contribution in [2.24, 2.45) is 15.0 Å². The Bertz CT molecular complexity index is 2540. The van der Waals surface area contributed by atoms with Gasteiger partial charge < -0.3 is 4.57 Å². The Morgan fingerprint density at radius 1 is 0.407 bits per heavy atom. The fraction of sp³-hybridized carbons (Fsp3) is 0.167. The molecule has 5 heteroatoms. The molecule has 0 atom stereocenters. The van der Waals surface area contributed by atoms with Crippen LogP contribution in [0.15, 0.2) is 161 Å². The maximum absolute atomic E-state index is 16.0. The van der Waals surface area contributed by atoms with Gasteiger partial charge in [-0.2, -0.15) is 0 Å². The summed E-state index contributed by atoms with van der Waals surface area (Å²) in [6.07, 6.45) is 11.2. The summed E-state index contributed by atoms with van der Waals surface area (Å²) in [6, 6.07) is 50.0. The molecule has 16 bridgehead atoms. The predicted octanol–water partition coefficient (Wildman–Crippen LogP) is 11.7. The van der Waals surface area contributed by atoms with Gasteiger partial charge in [0.25, 0.3) is 0 Å². The van der Waals surface area contributed by atoms with Gasteiger partial charge in [0.05, 0.1) is 17.1 Å². The zero-order valence-electron chi connectivity index (χ0n) is 34.0. The number of aliphatic imine (C=N–C) groups is 3. The Balaban J connectivity index is 1.38. The van der Waals surface area contributed by atoms with Crippen LogP contribution in [-0.2, 0) is 43.1 Å². The molecule has 0 saturated heterocycles. The molecule has 4 nitrogen and oxygen atoms in total. The smallest absolute Gasteiger partial charge is 0.171 e. The third-order valence-corrected chi connectivity index (χ3v) is 14.9. The first kappa shape index (κ1) is 38.3. The molecule has 0 radical (unpaired) electrons. The molecule has 3 aliphatic rings. The summed E-state index contributed by atoms with van der Waals surface area (Å²) in [7, 11) is -3.44. The Morgan fingerprint density at radius 2 is 0.712 bits per heavy atom. The summed E-state index contributed by atoms with van der Waals surface area (Å²) in [6.45, 7) is 6.97. The summed E-state index contributed by atoms with van der Waals surface area (Å²) < 4.78 is 16.0. The number of hydrogen-bond donors (Lipinski definition) is 0. The molecule has 0 fully saturated rings. The standard InChI is InChI=1S/C54H48N3OP/c1-4-49-52-28-37-13-7-16-40(25-37)34-55-43-19-10-22-46(31-43)59(58)47-23-11-20-44(32-47)56-35-41-17-8-14-38(26-41)29-53(49)51(6-3)54(50(52)5-2)30-39-15-9-18-42(27-39)36-57-45-21-12-24-48(59)33-45/h7-27,31-36H,4-6,28-30H2,1-3H3. The molecule has 7 aromatic rings. The summed E-state index contributed by atoms with van der Waals surface area (Å²) in [5.74, 6) is 0. The lowest BCUT2D eigenvalue weighted by Crippen LogP contribution is -2.25. The predicted molar refractivity (Wildman–Crippen MR) is 250 cm³/mol. The molecule has 0 amide bonds. The Kier molecular flexibility index (Phi) is 10.8. The van der Waals surface area contributed by atoms with Crippen molar-refractivity contribution >= 4 is 58.8 Å². The van der Waals surface area contributed by atoms with Gasteiger partial charge >= 0.3 is 0 Å². The highest BCUT2D eigenvalue weighted by Gasteiger charge is 2.31. The normalized spacial score (nSPS) is 15.6. The van der Waals surface area contributed by atoms with Crippen LogP contribution in [0.5, 0.6) is 0 Å². The van der Waals surface area contributed by atoms with Crippen LogP contribution in [0.4, 0.5) is 17.1 Å². The fourth-order valence-electron chi connectivity index (χ4n) is 9.18. The van der Waals surface area contributed by atoms with Gasteiger partial charge in [-0.05, 0) is 160 Å². The summed E-state index contributed by atoms with van der Waals surface area (Å²) in [4.78, 5) is 15.0. The molecule has 0 spiro atoms. The van der Waals surface area contributed by atoms with Gasteiger partial charge in [-0.15, -0.1) is 0 Å². The van der Waals surface area contributed by atoms with Crippen LogP contribution in [0.3, 0.4) is 0 Å². The van der Waals surface area contributed by atoms with Crippen LogP contribution >= 0.6 is 7.14 Å². The van der Waals surface area contributed by atoms with Crippen LogP contribution in [-0.4, -0.2) is 18.6 Å². The number of benzene rings is 7. The second-order valence-electron chi connectivity index (χ2n) is 15.6. The maximum Gasteiger partial charge on any atom is 0.171 e. The first-order chi connectivity index (χ1) is 28.9. The molecule has 59 heavy (non-hydrogen) atoms. The second kappa shape index (κ2) is 16.6. The molecular weight excluding hydrogens is 738 g/mol. The van der Waals surface area contributed by atoms with E-state index in [0.29, 0.717) is 15.9 Å². The molecule has 0 unspecified atom stereocenters. The Morgan fingerprint density at radius 3 is 1.02 bits per heavy atom. The van der Waals surface area contributed by atoms with E-state index in [2.05, 4.69) is 93.6 Å². The minimum atomic E-state index is -3.44. The highest BCUT2D eigenvalue weighted by molar-refractivity contribution is 7.85. The zero-order chi connectivity index (χ0) is 40.3. The highest BCUT2D eigenvalue weighted by Crippen LogP contribution is 2.44. The number of nitrogens with zero attached hydrogens (tertiary/aromatic N) is 3. The maximum atomic E-state index is 16.0. The van der Waals surface area contributed by atoms with Crippen LogP contribution in [0.1, 0.15) is 87.5 Å². The van der Waals surface area contributed by atoms with Crippen molar-refractivity contribution in [1.29, 1.82) is 0 Å². The van der Waals surface area contributed by atoms with Gasteiger partial charge in [0, 0.05) is 34.6 Å². The topological polar surface area (TPSA) is 54.1 Å². The molecule has 10 rings (SSSR count). The number of rotatable bonds is 3. The third-order valence-electron chi connectivity index (χ3n) is 11.9. The van der Waals surface area contributed by atoms with Crippen molar-refractivity contribution in [2.75, 3.05) is 0 Å². The quantitative estimate of drug-likeness (QED) is 0.165. The lowest BCUT2D eigenvalue weighted by molar-refractivity contribution is 0.592. The van der Waals surface area contributed by atoms with Crippen LogP contribution in [0.25, 0.3) is 0 Å². The van der Waals surface area contributed by atoms with Gasteiger partial charge in [0.2, 0.25) is 0 Å². The van der Waals surface area contributed by atoms with Gasteiger partial charge in [0.1, 0.15) is 0 Å². The largest absolute Gasteiger partial charge is 0.309 e. The van der Waals surface area contributed by atoms with Crippen LogP contribution in [0.2, 0.25) is 0 Å². The Labute approximate surface area is 348 Å². The zero-order valence-corrected chi connectivity index (χ0v) is 34.9. The highest BCUT2D eigenvalue weighted by atomic mass is 31.2. The van der Waals surface area contributed by atoms with Gasteiger partial charge in [0.15, 0.2) is 7.14 Å². The van der Waals surface area contributed by atoms with E-state index in [1.165, 1.54) is 50.1 Å². The average Bonchev–Trinajstić information content (AvgIpc) is 3.27. The van der Waals surface area contributed by atoms with E-state index in [-0.39, 0.29) is 0 Å². The lowest BCUT2D eigenvalue weighted by atomic mass is 9.78. The molecule has 7 aromatic carbocycles. The first-order valence-electron chi connectivity index (χ1n) is 20.9. The van der Waals surface area contributed by atoms with Crippen molar-refractivity contribution in [3.05, 3.63) is 212 Å². The molecule has 3 heterocycles. The lowest BCUT2D eigenvalue weighted by Gasteiger charge is -2.27. The van der Waals surface area contributed by atoms with E-state index < -0.39 is 7.14 Å². The van der Waals surface area contributed by atoms with Gasteiger partial charge in [-0.1, -0.05) is 112 Å². The van der Waals surface area contributed by atoms with E-state index in [4.69, 9.17) is 15.0 Å². The van der Waals surface area contributed by atoms with Gasteiger partial charge in [-0.3, -0.25) is 15.0 Å². The van der Waals surface area contributed by atoms with Crippen molar-refractivity contribution in [2.45, 2.75) is 59.3 Å². The van der Waals surface area contributed by atoms with Crippen molar-refractivity contribution in [1.82, 2.24) is 0 Å². The fourth-order valence-corrected chi connectivity index (χ4v) is 11.9. The molecular formula is C54H48N3OP. The molecule has 0 saturated carbocycles. The molecule has 0 aromatic heterocycles. The number of hydrogen-bond acceptors (Lipinski definition) is 4. The van der Waals surface area contributed by atoms with Crippen molar-refractivity contribution < 1.29 is 4.57 Å². The molecule has 3 aliphatic heterocycles. The van der Waals surface area contributed by atoms with E-state index >= 15 is 4.57 Å². The molecule has 0 N–H and O–H groups in total. The third kappa shape index (κ3) is 7.74. The van der Waals surface area contributed by atoms with E-state index in [0.717, 1.165) is 72.3 Å². The SMILES string of the molecule is CCc1c2c(CC)c3c(CC)c1Cc1cccc(c1)C=Nc1cccc(c1)P(=O)(c1cccc(c1)N=Cc1cccc(c1)C2)c1cccc(c1)N=Cc1cccc(c1)C3. The monoisotopic (exact) mass is 785 g/mol. The minimum Gasteiger partial charge on any atom is -0.309 e. The van der Waals surface area contributed by atoms with E-state index in [1.807, 2.05) is 91.4 Å². The molecule has 290 valence electrons. The summed E-state index contributed by atoms with van der Waals surface area (Å²) in [5, 5.41) is 2.11. The molecule has 0 aliphatic carbocycles. The van der Waals surface area contributed by atoms with Crippen molar-refractivity contribution in [3.8, 4) is 0 Å². The minimum absolute atomic E-state index is 0.703.